The molecule has 3 heteroatoms. The van der Waals surface area contributed by atoms with Gasteiger partial charge in [0.25, 0.3) is 0 Å². The van der Waals surface area contributed by atoms with Crippen molar-refractivity contribution in [3.63, 3.8) is 0 Å². The zero-order chi connectivity index (χ0) is 4.12. The van der Waals surface area contributed by atoms with Crippen molar-refractivity contribution in [3.8, 4) is 0 Å². The number of aliphatic hydroxyl groups is 1. The van der Waals surface area contributed by atoms with Crippen molar-refractivity contribution in [1.82, 2.24) is 0 Å². The Morgan fingerprint density at radius 3 is 2.17 bits per heavy atom. The van der Waals surface area contributed by atoms with Crippen molar-refractivity contribution in [2.45, 2.75) is 6.42 Å². The third-order valence-corrected chi connectivity index (χ3v) is 0.247. The Bertz CT molecular complexity index is 30.0. The van der Waals surface area contributed by atoms with Crippen LogP contribution in [0, 0.1) is 0 Å². The molecule has 1 N–H and O–H groups in total. The van der Waals surface area contributed by atoms with Gasteiger partial charge in [0.05, 0.1) is 0 Å². The molecule has 0 aliphatic rings. The number of aldehydes is 1. The van der Waals surface area contributed by atoms with Crippen molar-refractivity contribution < 1.29 is 9.90 Å². The Morgan fingerprint density at radius 2 is 2.17 bits per heavy atom. The number of rotatable bonds is 2. The number of aliphatic hydroxyl groups excluding tert-OH is 1. The van der Waals surface area contributed by atoms with E-state index in [0.29, 0.717) is 6.29 Å². The van der Waals surface area contributed by atoms with E-state index in [0.717, 1.165) is 0 Å². The normalized spacial score (nSPS) is 6.17. The van der Waals surface area contributed by atoms with Crippen LogP contribution >= 0.6 is 0 Å². The zero-order valence-corrected chi connectivity index (χ0v) is 2.85. The predicted molar refractivity (Wildman–Crippen MR) is 24.9 cm³/mol. The first kappa shape index (κ1) is 9.80. The minimum atomic E-state index is -0.0243. The van der Waals surface area contributed by atoms with Gasteiger partial charge in [-0.1, -0.05) is 0 Å². The third kappa shape index (κ3) is 8.82. The van der Waals surface area contributed by atoms with E-state index in [9.17, 15) is 4.79 Å². The number of hydrogen-bond donors (Lipinski definition) is 1. The molecule has 0 radical (unpaired) electrons. The molecule has 0 aromatic rings. The molecular formula is C3H7NaO2. The summed E-state index contributed by atoms with van der Waals surface area (Å²) in [6, 6.07) is 0. The van der Waals surface area contributed by atoms with E-state index in [1.54, 1.807) is 0 Å². The van der Waals surface area contributed by atoms with E-state index in [4.69, 9.17) is 5.11 Å². The third-order valence-electron chi connectivity index (χ3n) is 0.247. The molecule has 0 spiro atoms. The van der Waals surface area contributed by atoms with Gasteiger partial charge < -0.3 is 9.90 Å². The van der Waals surface area contributed by atoms with Gasteiger partial charge in [-0.15, -0.1) is 0 Å². The molecule has 0 amide bonds. The van der Waals surface area contributed by atoms with E-state index >= 15 is 0 Å². The predicted octanol–water partition coefficient (Wildman–Crippen LogP) is -1.08. The number of hydrogen-bond acceptors (Lipinski definition) is 2. The van der Waals surface area contributed by atoms with Gasteiger partial charge in [0.1, 0.15) is 6.29 Å². The van der Waals surface area contributed by atoms with Gasteiger partial charge in [-0.2, -0.15) is 0 Å². The first-order valence-electron chi connectivity index (χ1n) is 1.46. The van der Waals surface area contributed by atoms with Crippen LogP contribution in [-0.4, -0.2) is 47.6 Å². The van der Waals surface area contributed by atoms with Crippen LogP contribution in [0.2, 0.25) is 0 Å². The van der Waals surface area contributed by atoms with Gasteiger partial charge in [0, 0.05) is 13.0 Å². The van der Waals surface area contributed by atoms with Crippen molar-refractivity contribution >= 4 is 35.8 Å². The molecule has 0 aliphatic carbocycles. The van der Waals surface area contributed by atoms with E-state index in [1.165, 1.54) is 0 Å². The molecule has 6 heavy (non-hydrogen) atoms. The summed E-state index contributed by atoms with van der Waals surface area (Å²) < 4.78 is 0. The van der Waals surface area contributed by atoms with Crippen LogP contribution in [0.25, 0.3) is 0 Å². The van der Waals surface area contributed by atoms with Gasteiger partial charge in [0.2, 0.25) is 0 Å². The van der Waals surface area contributed by atoms with Crippen LogP contribution < -0.4 is 0 Å². The molecule has 0 heterocycles. The molecule has 0 saturated carbocycles. The molecule has 0 aromatic carbocycles. The van der Waals surface area contributed by atoms with Gasteiger partial charge in [-0.25, -0.2) is 0 Å². The summed E-state index contributed by atoms with van der Waals surface area (Å²) in [6.45, 7) is -0.0243. The van der Waals surface area contributed by atoms with E-state index in [1.807, 2.05) is 0 Å². The van der Waals surface area contributed by atoms with Crippen molar-refractivity contribution in [1.29, 1.82) is 0 Å². The summed E-state index contributed by atoms with van der Waals surface area (Å²) in [7, 11) is 0. The first-order chi connectivity index (χ1) is 2.41. The summed E-state index contributed by atoms with van der Waals surface area (Å²) in [5.74, 6) is 0. The van der Waals surface area contributed by atoms with E-state index in [-0.39, 0.29) is 42.6 Å². The maximum atomic E-state index is 9.24. The molecule has 2 nitrogen and oxygen atoms in total. The second-order valence-corrected chi connectivity index (χ2v) is 0.679. The molecule has 0 saturated heterocycles. The van der Waals surface area contributed by atoms with Crippen molar-refractivity contribution in [2.75, 3.05) is 6.61 Å². The summed E-state index contributed by atoms with van der Waals surface area (Å²) in [6.07, 6.45) is 0.944. The van der Waals surface area contributed by atoms with Gasteiger partial charge in [0.15, 0.2) is 0 Å². The standard InChI is InChI=1S/C3H6O2.Na.H/c4-2-1-3-5;;/h2,5H,1,3H2;;. The fourth-order valence-corrected chi connectivity index (χ4v) is 0.0527. The van der Waals surface area contributed by atoms with E-state index in [2.05, 4.69) is 0 Å². The van der Waals surface area contributed by atoms with Crippen molar-refractivity contribution in [3.05, 3.63) is 0 Å². The molecule has 0 unspecified atom stereocenters. The first-order valence-corrected chi connectivity index (χ1v) is 1.46. The van der Waals surface area contributed by atoms with Gasteiger partial charge in [-0.05, 0) is 0 Å². The van der Waals surface area contributed by atoms with Crippen molar-refractivity contribution in [2.24, 2.45) is 0 Å². The molecule has 0 aromatic heterocycles. The minimum absolute atomic E-state index is 0. The molecule has 32 valence electrons. The Kier molecular flexibility index (Phi) is 15.0. The summed E-state index contributed by atoms with van der Waals surface area (Å²) in [4.78, 5) is 9.24. The maximum absolute atomic E-state index is 9.24. The second kappa shape index (κ2) is 9.16. The van der Waals surface area contributed by atoms with Crippen LogP contribution in [0.5, 0.6) is 0 Å². The summed E-state index contributed by atoms with van der Waals surface area (Å²) >= 11 is 0. The molecular weight excluding hydrogens is 91.0 g/mol. The Balaban J connectivity index is 0. The molecule has 0 bridgehead atoms. The Labute approximate surface area is 58.8 Å². The summed E-state index contributed by atoms with van der Waals surface area (Å²) in [5.41, 5.74) is 0. The number of carbonyl (C=O) groups is 1. The second-order valence-electron chi connectivity index (χ2n) is 0.679. The monoisotopic (exact) mass is 98.0 g/mol. The van der Waals surface area contributed by atoms with Crippen LogP contribution in [0.1, 0.15) is 6.42 Å². The van der Waals surface area contributed by atoms with Gasteiger partial charge in [-0.3, -0.25) is 0 Å². The van der Waals surface area contributed by atoms with Crippen LogP contribution in [0.4, 0.5) is 0 Å². The molecule has 0 atom stereocenters. The topological polar surface area (TPSA) is 37.3 Å². The number of carbonyl (C=O) groups excluding carboxylic acids is 1. The SMILES string of the molecule is O=CCCO.[NaH]. The average molecular weight is 98.1 g/mol. The zero-order valence-electron chi connectivity index (χ0n) is 2.85. The fraction of sp³-hybridized carbons (Fsp3) is 0.667. The van der Waals surface area contributed by atoms with Crippen LogP contribution in [0.15, 0.2) is 0 Å². The molecule has 0 rings (SSSR count). The summed E-state index contributed by atoms with van der Waals surface area (Å²) in [5, 5.41) is 7.84. The molecule has 0 aliphatic heterocycles. The quantitative estimate of drug-likeness (QED) is 0.352. The average Bonchev–Trinajstić information content (AvgIpc) is 1.41. The van der Waals surface area contributed by atoms with Gasteiger partial charge >= 0.3 is 29.6 Å². The fourth-order valence-electron chi connectivity index (χ4n) is 0.0527. The van der Waals surface area contributed by atoms with Crippen LogP contribution in [0.3, 0.4) is 0 Å². The Hall–Kier alpha value is 0.630. The van der Waals surface area contributed by atoms with E-state index < -0.39 is 0 Å². The Morgan fingerprint density at radius 1 is 1.67 bits per heavy atom. The van der Waals surface area contributed by atoms with Crippen LogP contribution in [-0.2, 0) is 4.79 Å². The molecule has 0 fully saturated rings.